The van der Waals surface area contributed by atoms with Crippen LogP contribution < -0.4 is 14.4 Å². The SMILES string of the molecule is c1ccc(N(c2ccccc2-c2ccc3c(c2)oc2ccccc23)c2cccc3c2Oc2c(ccc4c2-c2ccccc2C42c4ccccc4-c4ccccc42)O3)cc1. The predicted molar refractivity (Wildman–Crippen MR) is 237 cm³/mol. The third-order valence-electron chi connectivity index (χ3n) is 12.6. The Balaban J connectivity index is 1.01. The van der Waals surface area contributed by atoms with Crippen molar-refractivity contribution in [3.8, 4) is 56.4 Å². The van der Waals surface area contributed by atoms with Crippen molar-refractivity contribution in [2.75, 3.05) is 4.90 Å². The molecule has 0 fully saturated rings. The van der Waals surface area contributed by atoms with Crippen LogP contribution in [0.25, 0.3) is 55.3 Å². The van der Waals surface area contributed by atoms with Crippen molar-refractivity contribution >= 4 is 39.0 Å². The van der Waals surface area contributed by atoms with Crippen molar-refractivity contribution in [2.24, 2.45) is 0 Å². The molecule has 0 saturated heterocycles. The van der Waals surface area contributed by atoms with Gasteiger partial charge in [0.15, 0.2) is 23.0 Å². The molecule has 0 N–H and O–H groups in total. The van der Waals surface area contributed by atoms with E-state index < -0.39 is 5.41 Å². The van der Waals surface area contributed by atoms with E-state index in [2.05, 4.69) is 181 Å². The third-order valence-corrected chi connectivity index (χ3v) is 12.6. The van der Waals surface area contributed by atoms with Crippen LogP contribution in [0.5, 0.6) is 23.0 Å². The maximum absolute atomic E-state index is 7.37. The second kappa shape index (κ2) is 12.1. The maximum atomic E-state index is 7.37. The number of hydrogen-bond donors (Lipinski definition) is 0. The highest BCUT2D eigenvalue weighted by molar-refractivity contribution is 6.06. The monoisotopic (exact) mass is 755 g/mol. The summed E-state index contributed by atoms with van der Waals surface area (Å²) in [6.45, 7) is 0. The number of hydrogen-bond acceptors (Lipinski definition) is 4. The summed E-state index contributed by atoms with van der Waals surface area (Å²) >= 11 is 0. The fraction of sp³-hybridized carbons (Fsp3) is 0.0182. The minimum absolute atomic E-state index is 0.493. The van der Waals surface area contributed by atoms with Gasteiger partial charge in [0.05, 0.1) is 16.8 Å². The number of furan rings is 1. The van der Waals surface area contributed by atoms with Gasteiger partial charge in [-0.3, -0.25) is 0 Å². The van der Waals surface area contributed by atoms with Crippen molar-refractivity contribution in [1.82, 2.24) is 0 Å². The van der Waals surface area contributed by atoms with Crippen LogP contribution in [-0.2, 0) is 5.41 Å². The molecule has 4 nitrogen and oxygen atoms in total. The van der Waals surface area contributed by atoms with E-state index in [0.717, 1.165) is 67.0 Å². The highest BCUT2D eigenvalue weighted by Crippen LogP contribution is 2.67. The molecule has 9 aromatic carbocycles. The molecule has 0 unspecified atom stereocenters. The number of anilines is 3. The van der Waals surface area contributed by atoms with Crippen LogP contribution in [-0.4, -0.2) is 0 Å². The summed E-state index contributed by atoms with van der Waals surface area (Å²) in [4.78, 5) is 2.29. The molecule has 276 valence electrons. The van der Waals surface area contributed by atoms with Crippen LogP contribution in [0, 0.1) is 0 Å². The topological polar surface area (TPSA) is 34.8 Å². The van der Waals surface area contributed by atoms with Gasteiger partial charge in [-0.2, -0.15) is 0 Å². The van der Waals surface area contributed by atoms with Gasteiger partial charge < -0.3 is 18.8 Å². The van der Waals surface area contributed by atoms with E-state index in [9.17, 15) is 0 Å². The first-order valence-corrected chi connectivity index (χ1v) is 20.1. The summed E-state index contributed by atoms with van der Waals surface area (Å²) in [5, 5.41) is 2.21. The first-order valence-electron chi connectivity index (χ1n) is 20.1. The number of fused-ring (bicyclic) bond motifs is 16. The second-order valence-electron chi connectivity index (χ2n) is 15.5. The lowest BCUT2D eigenvalue weighted by molar-refractivity contribution is 0.361. The van der Waals surface area contributed by atoms with E-state index in [1.165, 1.54) is 33.4 Å². The standard InChI is InChI=1S/C55H33NO3/c1-2-15-35(16-3-1)56(46-25-12-7-17-36(46)34-29-30-40-39-20-8-13-27-48(39)57-51(40)33-34)47-26-14-28-49-53(47)59-54-50(58-49)32-31-45-52(54)41-21-6-11-24-44(41)55(45)42-22-9-4-18-37(42)38-19-5-10-23-43(38)55/h1-33H. The van der Waals surface area contributed by atoms with Crippen LogP contribution in [0.3, 0.4) is 0 Å². The molecule has 1 aromatic heterocycles. The normalized spacial score (nSPS) is 13.5. The Labute approximate surface area is 340 Å². The molecule has 1 aliphatic heterocycles. The van der Waals surface area contributed by atoms with Crippen molar-refractivity contribution in [2.45, 2.75) is 5.41 Å². The average molecular weight is 756 g/mol. The maximum Gasteiger partial charge on any atom is 0.194 e. The minimum atomic E-state index is -0.493. The molecule has 0 atom stereocenters. The molecule has 0 radical (unpaired) electrons. The lowest BCUT2D eigenvalue weighted by Gasteiger charge is -2.33. The van der Waals surface area contributed by atoms with Gasteiger partial charge in [0.1, 0.15) is 11.2 Å². The summed E-state index contributed by atoms with van der Waals surface area (Å²) in [7, 11) is 0. The summed E-state index contributed by atoms with van der Waals surface area (Å²) in [6, 6.07) is 70.9. The first kappa shape index (κ1) is 32.3. The zero-order valence-corrected chi connectivity index (χ0v) is 31.7. The summed E-state index contributed by atoms with van der Waals surface area (Å²) in [6.07, 6.45) is 0. The van der Waals surface area contributed by atoms with Gasteiger partial charge in [0.2, 0.25) is 0 Å². The Bertz CT molecular complexity index is 3320. The van der Waals surface area contributed by atoms with Crippen LogP contribution in [0.4, 0.5) is 17.1 Å². The number of benzene rings is 9. The molecule has 0 bridgehead atoms. The van der Waals surface area contributed by atoms with Gasteiger partial charge in [-0.25, -0.2) is 0 Å². The van der Waals surface area contributed by atoms with Gasteiger partial charge in [0, 0.05) is 27.6 Å². The molecule has 4 heteroatoms. The van der Waals surface area contributed by atoms with Crippen LogP contribution in [0.1, 0.15) is 22.3 Å². The fourth-order valence-corrected chi connectivity index (χ4v) is 10.2. The third kappa shape index (κ3) is 4.37. The molecule has 2 aliphatic carbocycles. The predicted octanol–water partition coefficient (Wildman–Crippen LogP) is 15.0. The van der Waals surface area contributed by atoms with Crippen molar-refractivity contribution in [1.29, 1.82) is 0 Å². The van der Waals surface area contributed by atoms with E-state index in [4.69, 9.17) is 13.9 Å². The zero-order chi connectivity index (χ0) is 38.7. The smallest absolute Gasteiger partial charge is 0.194 e. The molecule has 0 amide bonds. The van der Waals surface area contributed by atoms with Gasteiger partial charge in [-0.1, -0.05) is 146 Å². The van der Waals surface area contributed by atoms with Gasteiger partial charge in [-0.05, 0) is 99.1 Å². The second-order valence-corrected chi connectivity index (χ2v) is 15.5. The molecule has 2 heterocycles. The molecule has 3 aliphatic rings. The van der Waals surface area contributed by atoms with Gasteiger partial charge in [0.25, 0.3) is 0 Å². The number of ether oxygens (including phenoxy) is 2. The molecule has 10 aromatic rings. The average Bonchev–Trinajstić information content (AvgIpc) is 3.93. The molecule has 1 spiro atoms. The lowest BCUT2D eigenvalue weighted by Crippen LogP contribution is -2.25. The minimum Gasteiger partial charge on any atom is -0.456 e. The van der Waals surface area contributed by atoms with Crippen LogP contribution in [0.15, 0.2) is 205 Å². The van der Waals surface area contributed by atoms with Crippen LogP contribution >= 0.6 is 0 Å². The molecule has 59 heavy (non-hydrogen) atoms. The molecule has 0 saturated carbocycles. The van der Waals surface area contributed by atoms with E-state index in [-0.39, 0.29) is 0 Å². The number of para-hydroxylation sites is 4. The molecule has 13 rings (SSSR count). The quantitative estimate of drug-likeness (QED) is 0.179. The Morgan fingerprint density at radius 1 is 0.373 bits per heavy atom. The van der Waals surface area contributed by atoms with E-state index in [1.807, 2.05) is 24.3 Å². The first-order chi connectivity index (χ1) is 29.3. The van der Waals surface area contributed by atoms with E-state index in [1.54, 1.807) is 0 Å². The number of rotatable bonds is 4. The summed E-state index contributed by atoms with van der Waals surface area (Å²) in [5.41, 5.74) is 16.0. The molecular formula is C55H33NO3. The Morgan fingerprint density at radius 3 is 1.78 bits per heavy atom. The van der Waals surface area contributed by atoms with Crippen molar-refractivity contribution < 1.29 is 13.9 Å². The summed E-state index contributed by atoms with van der Waals surface area (Å²) < 4.78 is 20.6. The highest BCUT2D eigenvalue weighted by atomic mass is 16.6. The van der Waals surface area contributed by atoms with Gasteiger partial charge in [-0.15, -0.1) is 0 Å². The van der Waals surface area contributed by atoms with Crippen LogP contribution in [0.2, 0.25) is 0 Å². The Kier molecular flexibility index (Phi) is 6.62. The van der Waals surface area contributed by atoms with Gasteiger partial charge >= 0.3 is 0 Å². The fourth-order valence-electron chi connectivity index (χ4n) is 10.2. The van der Waals surface area contributed by atoms with E-state index >= 15 is 0 Å². The highest BCUT2D eigenvalue weighted by Gasteiger charge is 2.53. The lowest BCUT2D eigenvalue weighted by atomic mass is 9.70. The largest absolute Gasteiger partial charge is 0.456 e. The van der Waals surface area contributed by atoms with Crippen molar-refractivity contribution in [3.63, 3.8) is 0 Å². The Morgan fingerprint density at radius 2 is 0.983 bits per heavy atom. The number of nitrogens with zero attached hydrogens (tertiary/aromatic N) is 1. The van der Waals surface area contributed by atoms with Crippen molar-refractivity contribution in [3.05, 3.63) is 222 Å². The molecular weight excluding hydrogens is 723 g/mol. The summed E-state index contributed by atoms with van der Waals surface area (Å²) in [5.74, 6) is 2.75. The Hall–Kier alpha value is -7.82. The van der Waals surface area contributed by atoms with E-state index in [0.29, 0.717) is 17.2 Å². The zero-order valence-electron chi connectivity index (χ0n) is 31.7.